The average Bonchev–Trinajstić information content (AvgIpc) is 3.15. The lowest BCUT2D eigenvalue weighted by Crippen LogP contribution is -2.46. The van der Waals surface area contributed by atoms with Gasteiger partial charge in [0.25, 0.3) is 0 Å². The lowest BCUT2D eigenvalue weighted by Gasteiger charge is -2.31. The van der Waals surface area contributed by atoms with Crippen LogP contribution in [0.15, 0.2) is 30.6 Å². The fraction of sp³-hybridized carbons (Fsp3) is 0.467. The molecule has 24 heavy (non-hydrogen) atoms. The van der Waals surface area contributed by atoms with Gasteiger partial charge in [-0.2, -0.15) is 5.10 Å². The molecule has 3 heterocycles. The highest BCUT2D eigenvalue weighted by Gasteiger charge is 2.24. The second kappa shape index (κ2) is 7.96. The lowest BCUT2D eigenvalue weighted by atomic mass is 10.1. The van der Waals surface area contributed by atoms with Gasteiger partial charge >= 0.3 is 6.03 Å². The number of nitrogens with zero attached hydrogens (tertiary/aromatic N) is 5. The van der Waals surface area contributed by atoms with Gasteiger partial charge in [0.1, 0.15) is 6.10 Å². The molecule has 9 heteroatoms. The Kier molecular flexibility index (Phi) is 5.47. The smallest absolute Gasteiger partial charge is 0.317 e. The Morgan fingerprint density at radius 2 is 2.17 bits per heavy atom. The fourth-order valence-corrected chi connectivity index (χ4v) is 2.61. The number of halogens is 1. The highest BCUT2D eigenvalue weighted by Crippen LogP contribution is 2.17. The lowest BCUT2D eigenvalue weighted by molar-refractivity contribution is 0.107. The summed E-state index contributed by atoms with van der Waals surface area (Å²) in [6, 6.07) is 5.34. The highest BCUT2D eigenvalue weighted by atomic mass is 35.5. The second-order valence-electron chi connectivity index (χ2n) is 5.41. The van der Waals surface area contributed by atoms with E-state index in [0.717, 1.165) is 12.8 Å². The number of carbonyl (C=O) groups excluding carboxylic acids is 1. The maximum absolute atomic E-state index is 11.9. The van der Waals surface area contributed by atoms with Crippen LogP contribution in [-0.2, 0) is 0 Å². The van der Waals surface area contributed by atoms with Crippen molar-refractivity contribution in [3.8, 4) is 11.7 Å². The Bertz CT molecular complexity index is 640. The predicted octanol–water partition coefficient (Wildman–Crippen LogP) is 1.45. The summed E-state index contributed by atoms with van der Waals surface area (Å²) in [7, 11) is 0. The van der Waals surface area contributed by atoms with Crippen molar-refractivity contribution >= 4 is 17.6 Å². The van der Waals surface area contributed by atoms with Crippen LogP contribution < -0.4 is 10.1 Å². The van der Waals surface area contributed by atoms with Crippen LogP contribution in [0.25, 0.3) is 5.82 Å². The minimum Gasteiger partial charge on any atom is -0.473 e. The largest absolute Gasteiger partial charge is 0.473 e. The topological polar surface area (TPSA) is 85.2 Å². The summed E-state index contributed by atoms with van der Waals surface area (Å²) in [6.45, 7) is 1.78. The highest BCUT2D eigenvalue weighted by molar-refractivity contribution is 6.18. The van der Waals surface area contributed by atoms with Gasteiger partial charge in [0.15, 0.2) is 5.82 Å². The molecule has 1 saturated heterocycles. The second-order valence-corrected chi connectivity index (χ2v) is 5.78. The Labute approximate surface area is 144 Å². The van der Waals surface area contributed by atoms with E-state index in [1.165, 1.54) is 0 Å². The van der Waals surface area contributed by atoms with Crippen molar-refractivity contribution in [2.75, 3.05) is 25.5 Å². The van der Waals surface area contributed by atoms with Gasteiger partial charge in [0.2, 0.25) is 5.88 Å². The molecule has 0 atom stereocenters. The zero-order chi connectivity index (χ0) is 16.8. The molecule has 3 rings (SSSR count). The zero-order valence-electron chi connectivity index (χ0n) is 13.1. The molecule has 128 valence electrons. The van der Waals surface area contributed by atoms with Crippen molar-refractivity contribution < 1.29 is 9.53 Å². The maximum Gasteiger partial charge on any atom is 0.317 e. The Morgan fingerprint density at radius 3 is 2.79 bits per heavy atom. The van der Waals surface area contributed by atoms with Crippen molar-refractivity contribution in [3.63, 3.8) is 0 Å². The number of likely N-dealkylation sites (tertiary alicyclic amines) is 1. The van der Waals surface area contributed by atoms with Crippen molar-refractivity contribution in [2.45, 2.75) is 18.9 Å². The molecule has 0 saturated carbocycles. The summed E-state index contributed by atoms with van der Waals surface area (Å²) in [5.41, 5.74) is 0. The van der Waals surface area contributed by atoms with E-state index >= 15 is 0 Å². The molecule has 8 nitrogen and oxygen atoms in total. The van der Waals surface area contributed by atoms with Gasteiger partial charge in [-0.3, -0.25) is 0 Å². The number of alkyl halides is 1. The van der Waals surface area contributed by atoms with Crippen molar-refractivity contribution in [1.82, 2.24) is 30.2 Å². The van der Waals surface area contributed by atoms with E-state index in [1.54, 1.807) is 28.0 Å². The number of urea groups is 1. The molecule has 2 aromatic heterocycles. The van der Waals surface area contributed by atoms with Gasteiger partial charge in [-0.1, -0.05) is 0 Å². The van der Waals surface area contributed by atoms with E-state index in [0.29, 0.717) is 37.2 Å². The van der Waals surface area contributed by atoms with E-state index < -0.39 is 0 Å². The third-order valence-corrected chi connectivity index (χ3v) is 3.94. The zero-order valence-corrected chi connectivity index (χ0v) is 13.9. The summed E-state index contributed by atoms with van der Waals surface area (Å²) in [6.07, 6.45) is 5.04. The first-order valence-corrected chi connectivity index (χ1v) is 8.39. The minimum absolute atomic E-state index is 0.0342. The predicted molar refractivity (Wildman–Crippen MR) is 88.5 cm³/mol. The molecule has 0 unspecified atom stereocenters. The first kappa shape index (κ1) is 16.5. The normalized spacial score (nSPS) is 15.3. The van der Waals surface area contributed by atoms with Gasteiger partial charge in [-0.15, -0.1) is 21.8 Å². The standard InChI is InChI=1S/C15H19ClN6O2/c16-6-8-17-15(23)21-10-4-12(5-11-21)24-14-3-2-13(19-20-14)22-9-1-7-18-22/h1-3,7,9,12H,4-6,8,10-11H2,(H,17,23). The summed E-state index contributed by atoms with van der Waals surface area (Å²) in [5, 5.41) is 15.1. The molecule has 1 aliphatic heterocycles. The molecule has 0 bridgehead atoms. The molecule has 1 aliphatic rings. The number of hydrogen-bond acceptors (Lipinski definition) is 5. The first-order valence-electron chi connectivity index (χ1n) is 7.85. The Hall–Kier alpha value is -2.35. The molecule has 1 fully saturated rings. The van der Waals surface area contributed by atoms with E-state index in [2.05, 4.69) is 20.6 Å². The Balaban J connectivity index is 1.48. The van der Waals surface area contributed by atoms with Crippen LogP contribution in [0.2, 0.25) is 0 Å². The van der Waals surface area contributed by atoms with Gasteiger partial charge in [-0.05, 0) is 12.1 Å². The van der Waals surface area contributed by atoms with Crippen LogP contribution in [-0.4, -0.2) is 62.5 Å². The number of ether oxygens (including phenoxy) is 1. The molecule has 2 aromatic rings. The van der Waals surface area contributed by atoms with Crippen molar-refractivity contribution in [3.05, 3.63) is 30.6 Å². The van der Waals surface area contributed by atoms with Gasteiger partial charge in [-0.25, -0.2) is 9.48 Å². The van der Waals surface area contributed by atoms with Crippen LogP contribution in [0.4, 0.5) is 4.79 Å². The third kappa shape index (κ3) is 4.14. The number of carbonyl (C=O) groups is 1. The SMILES string of the molecule is O=C(NCCCl)N1CCC(Oc2ccc(-n3cccn3)nn2)CC1. The number of piperidine rings is 1. The van der Waals surface area contributed by atoms with Gasteiger partial charge < -0.3 is 15.0 Å². The third-order valence-electron chi connectivity index (χ3n) is 3.75. The van der Waals surface area contributed by atoms with Crippen molar-refractivity contribution in [2.24, 2.45) is 0 Å². The molecular weight excluding hydrogens is 332 g/mol. The molecule has 0 spiro atoms. The monoisotopic (exact) mass is 350 g/mol. The summed E-state index contributed by atoms with van der Waals surface area (Å²) >= 11 is 5.57. The quantitative estimate of drug-likeness (QED) is 0.825. The van der Waals surface area contributed by atoms with E-state index in [4.69, 9.17) is 16.3 Å². The summed E-state index contributed by atoms with van der Waals surface area (Å²) in [4.78, 5) is 13.6. The average molecular weight is 351 g/mol. The van der Waals surface area contributed by atoms with Gasteiger partial charge in [0.05, 0.1) is 0 Å². The molecule has 0 aromatic carbocycles. The number of aromatic nitrogens is 4. The number of hydrogen-bond donors (Lipinski definition) is 1. The van der Waals surface area contributed by atoms with Crippen LogP contribution in [0.1, 0.15) is 12.8 Å². The first-order chi connectivity index (χ1) is 11.8. The number of amides is 2. The minimum atomic E-state index is -0.0718. The van der Waals surface area contributed by atoms with E-state index in [1.807, 2.05) is 12.1 Å². The molecule has 1 N–H and O–H groups in total. The molecular formula is C15H19ClN6O2. The molecule has 2 amide bonds. The number of rotatable bonds is 5. The fourth-order valence-electron chi connectivity index (χ4n) is 2.52. The Morgan fingerprint density at radius 1 is 1.33 bits per heavy atom. The van der Waals surface area contributed by atoms with E-state index in [-0.39, 0.29) is 12.1 Å². The molecule has 0 radical (unpaired) electrons. The maximum atomic E-state index is 11.9. The summed E-state index contributed by atoms with van der Waals surface area (Å²) < 4.78 is 7.49. The van der Waals surface area contributed by atoms with Crippen LogP contribution >= 0.6 is 11.6 Å². The van der Waals surface area contributed by atoms with E-state index in [9.17, 15) is 4.79 Å². The summed E-state index contributed by atoms with van der Waals surface area (Å²) in [5.74, 6) is 1.53. The van der Waals surface area contributed by atoms with Crippen LogP contribution in [0.3, 0.4) is 0 Å². The van der Waals surface area contributed by atoms with Crippen molar-refractivity contribution in [1.29, 1.82) is 0 Å². The molecule has 0 aliphatic carbocycles. The van der Waals surface area contributed by atoms with Crippen LogP contribution in [0.5, 0.6) is 5.88 Å². The van der Waals surface area contributed by atoms with Gasteiger partial charge in [0, 0.05) is 56.8 Å². The number of nitrogens with one attached hydrogen (secondary N) is 1. The van der Waals surface area contributed by atoms with Crippen LogP contribution in [0, 0.1) is 0 Å².